The molecule has 2 nitrogen and oxygen atoms in total. The fourth-order valence-corrected chi connectivity index (χ4v) is 3.26. The molecule has 0 radical (unpaired) electrons. The van der Waals surface area contributed by atoms with Crippen LogP contribution in [-0.4, -0.2) is 11.5 Å². The van der Waals surface area contributed by atoms with E-state index in [2.05, 4.69) is 36.5 Å². The van der Waals surface area contributed by atoms with Gasteiger partial charge in [-0.05, 0) is 24.8 Å². The molecular formula is C14H16N2S. The number of rotatable bonds is 3. The average Bonchev–Trinajstić information content (AvgIpc) is 2.79. The summed E-state index contributed by atoms with van der Waals surface area (Å²) in [6.45, 7) is 3.18. The molecule has 1 aliphatic rings. The van der Waals surface area contributed by atoms with Gasteiger partial charge < -0.3 is 5.32 Å². The number of aryl methyl sites for hydroxylation is 2. The minimum absolute atomic E-state index is 1.01. The zero-order valence-corrected chi connectivity index (χ0v) is 10.8. The summed E-state index contributed by atoms with van der Waals surface area (Å²) in [4.78, 5) is 6.17. The van der Waals surface area contributed by atoms with Crippen molar-refractivity contribution >= 4 is 16.5 Å². The lowest BCUT2D eigenvalue weighted by Gasteiger charge is -2.13. The van der Waals surface area contributed by atoms with Crippen molar-refractivity contribution in [2.24, 2.45) is 0 Å². The number of fused-ring (bicyclic) bond motifs is 3. The van der Waals surface area contributed by atoms with Gasteiger partial charge in [-0.2, -0.15) is 0 Å². The Labute approximate surface area is 106 Å². The number of thiazole rings is 1. The first-order valence-corrected chi connectivity index (χ1v) is 7.02. The van der Waals surface area contributed by atoms with Crippen LogP contribution in [0.25, 0.3) is 11.3 Å². The molecule has 88 valence electrons. The summed E-state index contributed by atoms with van der Waals surface area (Å²) >= 11 is 1.82. The smallest absolute Gasteiger partial charge is 0.183 e. The third kappa shape index (κ3) is 1.95. The Morgan fingerprint density at radius 2 is 2.18 bits per heavy atom. The van der Waals surface area contributed by atoms with Gasteiger partial charge in [0.15, 0.2) is 5.13 Å². The Morgan fingerprint density at radius 1 is 1.29 bits per heavy atom. The van der Waals surface area contributed by atoms with Crippen molar-refractivity contribution in [2.75, 3.05) is 11.9 Å². The summed E-state index contributed by atoms with van der Waals surface area (Å²) in [5.41, 5.74) is 3.97. The van der Waals surface area contributed by atoms with Crippen molar-refractivity contribution in [3.8, 4) is 11.3 Å². The molecule has 3 heteroatoms. The van der Waals surface area contributed by atoms with Gasteiger partial charge in [0.2, 0.25) is 0 Å². The Hall–Kier alpha value is -1.35. The number of benzene rings is 1. The maximum absolute atomic E-state index is 4.74. The topological polar surface area (TPSA) is 24.9 Å². The summed E-state index contributed by atoms with van der Waals surface area (Å²) in [6, 6.07) is 8.63. The van der Waals surface area contributed by atoms with Gasteiger partial charge >= 0.3 is 0 Å². The van der Waals surface area contributed by atoms with Gasteiger partial charge in [-0.1, -0.05) is 31.2 Å². The van der Waals surface area contributed by atoms with Crippen molar-refractivity contribution in [1.29, 1.82) is 0 Å². The summed E-state index contributed by atoms with van der Waals surface area (Å²) in [5.74, 6) is 0. The van der Waals surface area contributed by atoms with Crippen molar-refractivity contribution < 1.29 is 0 Å². The Kier molecular flexibility index (Phi) is 2.85. The Morgan fingerprint density at radius 3 is 3.06 bits per heavy atom. The second-order valence-corrected chi connectivity index (χ2v) is 5.46. The maximum Gasteiger partial charge on any atom is 0.183 e. The summed E-state index contributed by atoms with van der Waals surface area (Å²) in [6.07, 6.45) is 3.43. The van der Waals surface area contributed by atoms with E-state index < -0.39 is 0 Å². The predicted octanol–water partition coefficient (Wildman–Crippen LogP) is 3.73. The van der Waals surface area contributed by atoms with Crippen LogP contribution < -0.4 is 5.32 Å². The number of nitrogens with one attached hydrogen (secondary N) is 1. The van der Waals surface area contributed by atoms with Crippen molar-refractivity contribution in [2.45, 2.75) is 26.2 Å². The van der Waals surface area contributed by atoms with E-state index in [0.29, 0.717) is 0 Å². The zero-order valence-electron chi connectivity index (χ0n) is 9.99. The standard InChI is InChI=1S/C14H16N2S/c1-2-9-15-14-16-13-11-6-4-3-5-10(11)7-8-12(13)17-14/h3-6H,2,7-9H2,1H3,(H,15,16). The van der Waals surface area contributed by atoms with Crippen LogP contribution in [0.5, 0.6) is 0 Å². The highest BCUT2D eigenvalue weighted by Crippen LogP contribution is 2.37. The van der Waals surface area contributed by atoms with Crippen LogP contribution in [-0.2, 0) is 12.8 Å². The van der Waals surface area contributed by atoms with Crippen LogP contribution in [0.4, 0.5) is 5.13 Å². The molecule has 3 rings (SSSR count). The third-order valence-corrected chi connectivity index (χ3v) is 4.19. The van der Waals surface area contributed by atoms with E-state index in [0.717, 1.165) is 30.9 Å². The highest BCUT2D eigenvalue weighted by Gasteiger charge is 2.19. The lowest BCUT2D eigenvalue weighted by Crippen LogP contribution is -2.01. The van der Waals surface area contributed by atoms with E-state index in [1.165, 1.54) is 21.7 Å². The van der Waals surface area contributed by atoms with Gasteiger partial charge in [0.1, 0.15) is 0 Å². The minimum Gasteiger partial charge on any atom is -0.362 e. The van der Waals surface area contributed by atoms with E-state index in [-0.39, 0.29) is 0 Å². The van der Waals surface area contributed by atoms with Crippen LogP contribution in [0.2, 0.25) is 0 Å². The molecule has 0 aliphatic heterocycles. The minimum atomic E-state index is 1.01. The van der Waals surface area contributed by atoms with Crippen LogP contribution in [0.1, 0.15) is 23.8 Å². The molecule has 0 spiro atoms. The van der Waals surface area contributed by atoms with E-state index in [9.17, 15) is 0 Å². The summed E-state index contributed by atoms with van der Waals surface area (Å²) in [7, 11) is 0. The molecule has 0 fully saturated rings. The van der Waals surface area contributed by atoms with Gasteiger partial charge in [-0.15, -0.1) is 11.3 Å². The lowest BCUT2D eigenvalue weighted by molar-refractivity contribution is 0.953. The van der Waals surface area contributed by atoms with E-state index >= 15 is 0 Å². The number of nitrogens with zero attached hydrogens (tertiary/aromatic N) is 1. The quantitative estimate of drug-likeness (QED) is 0.890. The molecule has 0 atom stereocenters. The predicted molar refractivity (Wildman–Crippen MR) is 73.7 cm³/mol. The van der Waals surface area contributed by atoms with Gasteiger partial charge in [-0.3, -0.25) is 0 Å². The molecule has 1 aromatic heterocycles. The molecule has 0 amide bonds. The number of hydrogen-bond acceptors (Lipinski definition) is 3. The molecule has 0 saturated heterocycles. The van der Waals surface area contributed by atoms with E-state index in [1.807, 2.05) is 11.3 Å². The molecule has 0 bridgehead atoms. The van der Waals surface area contributed by atoms with E-state index in [1.54, 1.807) is 0 Å². The Bertz CT molecular complexity index is 531. The van der Waals surface area contributed by atoms with Crippen molar-refractivity contribution in [3.05, 3.63) is 34.7 Å². The summed E-state index contributed by atoms with van der Waals surface area (Å²) < 4.78 is 0. The second kappa shape index (κ2) is 4.49. The SMILES string of the molecule is CCCNc1nc2c(s1)CCc1ccccc1-2. The number of aromatic nitrogens is 1. The molecular weight excluding hydrogens is 228 g/mol. The largest absolute Gasteiger partial charge is 0.362 e. The third-order valence-electron chi connectivity index (χ3n) is 3.12. The first-order chi connectivity index (χ1) is 8.38. The average molecular weight is 244 g/mol. The van der Waals surface area contributed by atoms with Gasteiger partial charge in [-0.25, -0.2) is 4.98 Å². The van der Waals surface area contributed by atoms with Gasteiger partial charge in [0, 0.05) is 17.0 Å². The zero-order chi connectivity index (χ0) is 11.7. The molecule has 1 N–H and O–H groups in total. The molecule has 1 aromatic carbocycles. The highest BCUT2D eigenvalue weighted by molar-refractivity contribution is 7.16. The normalized spacial score (nSPS) is 13.0. The number of anilines is 1. The lowest BCUT2D eigenvalue weighted by atomic mass is 9.94. The van der Waals surface area contributed by atoms with Crippen molar-refractivity contribution in [3.63, 3.8) is 0 Å². The number of hydrogen-bond donors (Lipinski definition) is 1. The Balaban J connectivity index is 1.98. The van der Waals surface area contributed by atoms with Crippen molar-refractivity contribution in [1.82, 2.24) is 4.98 Å². The monoisotopic (exact) mass is 244 g/mol. The van der Waals surface area contributed by atoms with Gasteiger partial charge in [0.05, 0.1) is 5.69 Å². The molecule has 0 saturated carbocycles. The summed E-state index contributed by atoms with van der Waals surface area (Å²) in [5, 5.41) is 4.47. The molecule has 2 aromatic rings. The fourth-order valence-electron chi connectivity index (χ4n) is 2.26. The molecule has 1 aliphatic carbocycles. The van der Waals surface area contributed by atoms with Gasteiger partial charge in [0.25, 0.3) is 0 Å². The van der Waals surface area contributed by atoms with Crippen LogP contribution in [0.3, 0.4) is 0 Å². The first kappa shape index (κ1) is 10.8. The van der Waals surface area contributed by atoms with Crippen LogP contribution in [0, 0.1) is 0 Å². The highest BCUT2D eigenvalue weighted by atomic mass is 32.1. The van der Waals surface area contributed by atoms with E-state index in [4.69, 9.17) is 4.98 Å². The van der Waals surface area contributed by atoms with Crippen LogP contribution in [0.15, 0.2) is 24.3 Å². The molecule has 17 heavy (non-hydrogen) atoms. The molecule has 1 heterocycles. The first-order valence-electron chi connectivity index (χ1n) is 6.20. The van der Waals surface area contributed by atoms with Crippen LogP contribution >= 0.6 is 11.3 Å². The second-order valence-electron chi connectivity index (χ2n) is 4.37. The maximum atomic E-state index is 4.74. The molecule has 0 unspecified atom stereocenters. The fraction of sp³-hybridized carbons (Fsp3) is 0.357.